The molecule has 0 saturated heterocycles. The summed E-state index contributed by atoms with van der Waals surface area (Å²) in [5.41, 5.74) is -1.28. The molecule has 0 aliphatic heterocycles. The number of nitrogens with one attached hydrogen (secondary N) is 1. The van der Waals surface area contributed by atoms with Crippen molar-refractivity contribution in [2.75, 3.05) is 14.2 Å². The van der Waals surface area contributed by atoms with Crippen LogP contribution in [0.5, 0.6) is 11.5 Å². The van der Waals surface area contributed by atoms with Crippen molar-refractivity contribution in [1.82, 2.24) is 19.9 Å². The Hall–Kier alpha value is -2.72. The summed E-state index contributed by atoms with van der Waals surface area (Å²) in [7, 11) is 2.79. The highest BCUT2D eigenvalue weighted by Crippen LogP contribution is 2.36. The predicted molar refractivity (Wildman–Crippen MR) is 98.7 cm³/mol. The maximum atomic E-state index is 13.2. The second kappa shape index (κ2) is 7.96. The van der Waals surface area contributed by atoms with Gasteiger partial charge >= 0.3 is 6.18 Å². The molecule has 29 heavy (non-hydrogen) atoms. The summed E-state index contributed by atoms with van der Waals surface area (Å²) in [5.74, 6) is 0.0266. The molecule has 0 aliphatic rings. The standard InChI is InChI=1S/C17H13Cl2F3N4O3/c1-28-12-4-8(3-11(19)14(12)29-2)16(27)23-6-13-24-25-15-10(17(20,21)22)5-9(18)7-26(13)15/h3-5,7H,6H2,1-2H3,(H,23,27). The number of amides is 1. The summed E-state index contributed by atoms with van der Waals surface area (Å²) in [6.45, 7) is -0.205. The minimum atomic E-state index is -4.66. The molecule has 0 radical (unpaired) electrons. The van der Waals surface area contributed by atoms with Gasteiger partial charge in [-0.2, -0.15) is 13.2 Å². The van der Waals surface area contributed by atoms with E-state index in [1.54, 1.807) is 0 Å². The van der Waals surface area contributed by atoms with Crippen LogP contribution in [0.3, 0.4) is 0 Å². The highest BCUT2D eigenvalue weighted by Gasteiger charge is 2.35. The second-order valence-electron chi connectivity index (χ2n) is 5.76. The van der Waals surface area contributed by atoms with Crippen molar-refractivity contribution in [3.05, 3.63) is 51.4 Å². The lowest BCUT2D eigenvalue weighted by Crippen LogP contribution is -2.24. The van der Waals surface area contributed by atoms with Gasteiger partial charge in [-0.25, -0.2) is 0 Å². The number of benzene rings is 1. The Morgan fingerprint density at radius 1 is 1.17 bits per heavy atom. The van der Waals surface area contributed by atoms with Crippen molar-refractivity contribution in [3.8, 4) is 11.5 Å². The molecule has 1 N–H and O–H groups in total. The molecule has 154 valence electrons. The molecule has 1 aromatic carbocycles. The third-order valence-corrected chi connectivity index (χ3v) is 4.44. The van der Waals surface area contributed by atoms with Crippen LogP contribution in [0, 0.1) is 0 Å². The van der Waals surface area contributed by atoms with E-state index in [2.05, 4.69) is 15.5 Å². The largest absolute Gasteiger partial charge is 0.493 e. The fourth-order valence-corrected chi connectivity index (χ4v) is 3.14. The number of carbonyl (C=O) groups excluding carboxylic acids is 1. The fourth-order valence-electron chi connectivity index (χ4n) is 2.65. The van der Waals surface area contributed by atoms with Gasteiger partial charge in [0.05, 0.1) is 30.8 Å². The van der Waals surface area contributed by atoms with Gasteiger partial charge in [-0.1, -0.05) is 23.2 Å². The summed E-state index contributed by atoms with van der Waals surface area (Å²) in [6, 6.07) is 3.55. The van der Waals surface area contributed by atoms with E-state index < -0.39 is 23.3 Å². The van der Waals surface area contributed by atoms with E-state index in [4.69, 9.17) is 32.7 Å². The molecule has 1 amide bonds. The van der Waals surface area contributed by atoms with Gasteiger partial charge < -0.3 is 14.8 Å². The number of rotatable bonds is 5. The monoisotopic (exact) mass is 448 g/mol. The van der Waals surface area contributed by atoms with E-state index in [0.717, 1.165) is 10.5 Å². The Bertz CT molecular complexity index is 1090. The summed E-state index contributed by atoms with van der Waals surface area (Å²) in [5, 5.41) is 9.85. The smallest absolute Gasteiger partial charge is 0.420 e. The lowest BCUT2D eigenvalue weighted by atomic mass is 10.2. The molecular formula is C17H13Cl2F3N4O3. The number of alkyl halides is 3. The van der Waals surface area contributed by atoms with Crippen LogP contribution in [0.1, 0.15) is 21.7 Å². The first-order valence-corrected chi connectivity index (χ1v) is 8.71. The number of hydrogen-bond donors (Lipinski definition) is 1. The molecule has 3 rings (SSSR count). The first-order valence-electron chi connectivity index (χ1n) is 7.95. The van der Waals surface area contributed by atoms with Gasteiger partial charge in [0.25, 0.3) is 5.91 Å². The van der Waals surface area contributed by atoms with Gasteiger partial charge in [-0.15, -0.1) is 10.2 Å². The summed E-state index contributed by atoms with van der Waals surface area (Å²) >= 11 is 11.9. The number of ether oxygens (including phenoxy) is 2. The SMILES string of the molecule is COc1cc(C(=O)NCc2nnc3c(C(F)(F)F)cc(Cl)cn23)cc(Cl)c1OC. The molecule has 2 aromatic heterocycles. The van der Waals surface area contributed by atoms with Crippen LogP contribution in [0.4, 0.5) is 13.2 Å². The Balaban J connectivity index is 1.87. The zero-order valence-corrected chi connectivity index (χ0v) is 16.5. The van der Waals surface area contributed by atoms with Crippen molar-refractivity contribution in [1.29, 1.82) is 0 Å². The third kappa shape index (κ3) is 4.18. The Kier molecular flexibility index (Phi) is 5.76. The number of hydrogen-bond acceptors (Lipinski definition) is 5. The minimum absolute atomic E-state index is 0.0629. The summed E-state index contributed by atoms with van der Waals surface area (Å²) in [4.78, 5) is 12.5. The Morgan fingerprint density at radius 2 is 1.90 bits per heavy atom. The van der Waals surface area contributed by atoms with Crippen molar-refractivity contribution < 1.29 is 27.4 Å². The molecule has 0 bridgehead atoms. The maximum Gasteiger partial charge on any atom is 0.420 e. The Morgan fingerprint density at radius 3 is 2.52 bits per heavy atom. The molecule has 12 heteroatoms. The minimum Gasteiger partial charge on any atom is -0.493 e. The number of nitrogens with zero attached hydrogens (tertiary/aromatic N) is 3. The van der Waals surface area contributed by atoms with Crippen LogP contribution < -0.4 is 14.8 Å². The first kappa shape index (κ1) is 21.0. The van der Waals surface area contributed by atoms with Crippen LogP contribution in [0.15, 0.2) is 24.4 Å². The first-order chi connectivity index (χ1) is 13.7. The molecule has 0 atom stereocenters. The van der Waals surface area contributed by atoms with E-state index in [9.17, 15) is 18.0 Å². The lowest BCUT2D eigenvalue weighted by molar-refractivity contribution is -0.136. The molecule has 0 aliphatic carbocycles. The van der Waals surface area contributed by atoms with Crippen molar-refractivity contribution in [3.63, 3.8) is 0 Å². The number of methoxy groups -OCH3 is 2. The topological polar surface area (TPSA) is 77.8 Å². The highest BCUT2D eigenvalue weighted by atomic mass is 35.5. The molecule has 0 fully saturated rings. The van der Waals surface area contributed by atoms with Crippen molar-refractivity contribution >= 4 is 34.8 Å². The zero-order chi connectivity index (χ0) is 21.3. The van der Waals surface area contributed by atoms with Crippen LogP contribution in [-0.2, 0) is 12.7 Å². The van der Waals surface area contributed by atoms with Gasteiger partial charge in [-0.3, -0.25) is 9.20 Å². The van der Waals surface area contributed by atoms with Gasteiger partial charge in [0, 0.05) is 11.8 Å². The normalized spacial score (nSPS) is 11.6. The van der Waals surface area contributed by atoms with E-state index in [-0.39, 0.29) is 39.5 Å². The Labute approximate surface area is 172 Å². The van der Waals surface area contributed by atoms with Gasteiger partial charge in [0.15, 0.2) is 23.0 Å². The number of fused-ring (bicyclic) bond motifs is 1. The van der Waals surface area contributed by atoms with Crippen LogP contribution in [-0.4, -0.2) is 34.7 Å². The molecule has 0 unspecified atom stereocenters. The number of carbonyl (C=O) groups is 1. The average molecular weight is 449 g/mol. The highest BCUT2D eigenvalue weighted by molar-refractivity contribution is 6.32. The van der Waals surface area contributed by atoms with E-state index in [1.807, 2.05) is 0 Å². The van der Waals surface area contributed by atoms with Gasteiger partial charge in [0.1, 0.15) is 5.56 Å². The molecule has 7 nitrogen and oxygen atoms in total. The van der Waals surface area contributed by atoms with Crippen molar-refractivity contribution in [2.45, 2.75) is 12.7 Å². The molecule has 2 heterocycles. The average Bonchev–Trinajstić information content (AvgIpc) is 3.06. The van der Waals surface area contributed by atoms with Gasteiger partial charge in [-0.05, 0) is 18.2 Å². The lowest BCUT2D eigenvalue weighted by Gasteiger charge is -2.12. The van der Waals surface area contributed by atoms with Crippen LogP contribution in [0.25, 0.3) is 5.65 Å². The number of halogens is 5. The molecule has 0 saturated carbocycles. The number of aromatic nitrogens is 3. The maximum absolute atomic E-state index is 13.2. The fraction of sp³-hybridized carbons (Fsp3) is 0.235. The number of pyridine rings is 1. The van der Waals surface area contributed by atoms with Crippen LogP contribution >= 0.6 is 23.2 Å². The zero-order valence-electron chi connectivity index (χ0n) is 15.0. The molecular weight excluding hydrogens is 436 g/mol. The quantitative estimate of drug-likeness (QED) is 0.638. The van der Waals surface area contributed by atoms with Crippen molar-refractivity contribution in [2.24, 2.45) is 0 Å². The van der Waals surface area contributed by atoms with E-state index in [0.29, 0.717) is 0 Å². The van der Waals surface area contributed by atoms with E-state index in [1.165, 1.54) is 32.5 Å². The molecule has 0 spiro atoms. The molecule has 3 aromatic rings. The summed E-state index contributed by atoms with van der Waals surface area (Å²) < 4.78 is 50.8. The van der Waals surface area contributed by atoms with Crippen LogP contribution in [0.2, 0.25) is 10.0 Å². The summed E-state index contributed by atoms with van der Waals surface area (Å²) in [6.07, 6.45) is -3.42. The third-order valence-electron chi connectivity index (χ3n) is 3.95. The predicted octanol–water partition coefficient (Wildman–Crippen LogP) is 4.00. The van der Waals surface area contributed by atoms with Gasteiger partial charge in [0.2, 0.25) is 0 Å². The second-order valence-corrected chi connectivity index (χ2v) is 6.60. The van der Waals surface area contributed by atoms with E-state index >= 15 is 0 Å².